The SMILES string of the molecule is CCC(C)C(NC(=O)C(CCC(=O)O)NC(=O)CNC(=O)C(N)CO)C(=O)O. The Bertz CT molecular complexity index is 583. The summed E-state index contributed by atoms with van der Waals surface area (Å²) in [5.74, 6) is -5.29. The molecule has 0 saturated carbocycles. The van der Waals surface area contributed by atoms with Crippen molar-refractivity contribution in [1.29, 1.82) is 0 Å². The van der Waals surface area contributed by atoms with Gasteiger partial charge in [0, 0.05) is 6.42 Å². The molecule has 3 amide bonds. The predicted octanol–water partition coefficient (Wildman–Crippen LogP) is -2.61. The van der Waals surface area contributed by atoms with Crippen molar-refractivity contribution >= 4 is 29.7 Å². The van der Waals surface area contributed by atoms with E-state index < -0.39 is 73.3 Å². The van der Waals surface area contributed by atoms with Gasteiger partial charge in [-0.1, -0.05) is 20.3 Å². The Balaban J connectivity index is 5.02. The molecule has 0 aliphatic rings. The highest BCUT2D eigenvalue weighted by Crippen LogP contribution is 2.09. The minimum Gasteiger partial charge on any atom is -0.481 e. The third-order valence-electron chi connectivity index (χ3n) is 4.03. The van der Waals surface area contributed by atoms with Crippen LogP contribution >= 0.6 is 0 Å². The van der Waals surface area contributed by atoms with E-state index in [4.69, 9.17) is 15.9 Å². The summed E-state index contributed by atoms with van der Waals surface area (Å²) in [6, 6.07) is -3.73. The molecule has 0 radical (unpaired) electrons. The van der Waals surface area contributed by atoms with Crippen LogP contribution in [0.1, 0.15) is 33.1 Å². The second-order valence-corrected chi connectivity index (χ2v) is 6.27. The number of aliphatic hydroxyl groups is 1. The fraction of sp³-hybridized carbons (Fsp3) is 0.688. The summed E-state index contributed by atoms with van der Waals surface area (Å²) >= 11 is 0. The number of nitrogens with two attached hydrogens (primary N) is 1. The number of carboxylic acid groups (broad SMARTS) is 2. The van der Waals surface area contributed by atoms with Crippen LogP contribution in [-0.2, 0) is 24.0 Å². The van der Waals surface area contributed by atoms with Gasteiger partial charge in [0.2, 0.25) is 17.7 Å². The molecule has 0 fully saturated rings. The number of aliphatic hydroxyl groups excluding tert-OH is 1. The molecule has 0 aliphatic heterocycles. The Morgan fingerprint density at radius 3 is 2.11 bits per heavy atom. The van der Waals surface area contributed by atoms with Gasteiger partial charge in [0.25, 0.3) is 0 Å². The maximum atomic E-state index is 12.4. The topological polar surface area (TPSA) is 208 Å². The number of amides is 3. The van der Waals surface area contributed by atoms with Crippen LogP contribution in [0.5, 0.6) is 0 Å². The molecule has 12 nitrogen and oxygen atoms in total. The Morgan fingerprint density at radius 1 is 1.04 bits per heavy atom. The predicted molar refractivity (Wildman–Crippen MR) is 95.9 cm³/mol. The monoisotopic (exact) mass is 404 g/mol. The van der Waals surface area contributed by atoms with E-state index >= 15 is 0 Å². The molecule has 28 heavy (non-hydrogen) atoms. The lowest BCUT2D eigenvalue weighted by molar-refractivity contribution is -0.144. The highest BCUT2D eigenvalue weighted by molar-refractivity contribution is 5.92. The van der Waals surface area contributed by atoms with Crippen molar-refractivity contribution in [3.05, 3.63) is 0 Å². The molecule has 0 aromatic rings. The molecule has 0 aromatic heterocycles. The number of nitrogens with one attached hydrogen (secondary N) is 3. The molecule has 0 bridgehead atoms. The third kappa shape index (κ3) is 9.28. The van der Waals surface area contributed by atoms with Gasteiger partial charge in [-0.25, -0.2) is 4.79 Å². The molecule has 4 atom stereocenters. The lowest BCUT2D eigenvalue weighted by atomic mass is 9.98. The third-order valence-corrected chi connectivity index (χ3v) is 4.03. The van der Waals surface area contributed by atoms with Crippen molar-refractivity contribution < 1.29 is 39.3 Å². The Morgan fingerprint density at radius 2 is 1.64 bits per heavy atom. The number of hydrogen-bond acceptors (Lipinski definition) is 7. The normalized spacial score (nSPS) is 14.9. The van der Waals surface area contributed by atoms with Crippen LogP contribution in [0.4, 0.5) is 0 Å². The minimum absolute atomic E-state index is 0.274. The smallest absolute Gasteiger partial charge is 0.326 e. The summed E-state index contributed by atoms with van der Waals surface area (Å²) < 4.78 is 0. The number of aliphatic carboxylic acids is 2. The first-order chi connectivity index (χ1) is 13.0. The standard InChI is InChI=1S/C16H28N4O8/c1-3-8(2)13(16(27)28)20-15(26)10(4-5-12(23)24)19-11(22)6-18-14(25)9(17)7-21/h8-10,13,21H,3-7,17H2,1-2H3,(H,18,25)(H,19,22)(H,20,26)(H,23,24)(H,27,28). The second kappa shape index (κ2) is 12.6. The molecule has 12 heteroatoms. The van der Waals surface area contributed by atoms with E-state index in [0.29, 0.717) is 6.42 Å². The maximum absolute atomic E-state index is 12.4. The van der Waals surface area contributed by atoms with E-state index in [1.165, 1.54) is 0 Å². The van der Waals surface area contributed by atoms with Crippen molar-refractivity contribution in [1.82, 2.24) is 16.0 Å². The van der Waals surface area contributed by atoms with Gasteiger partial charge in [-0.3, -0.25) is 19.2 Å². The van der Waals surface area contributed by atoms with Crippen LogP contribution in [0.15, 0.2) is 0 Å². The lowest BCUT2D eigenvalue weighted by Crippen LogP contribution is -2.55. The molecule has 8 N–H and O–H groups in total. The zero-order valence-electron chi connectivity index (χ0n) is 15.8. The van der Waals surface area contributed by atoms with Crippen LogP contribution in [0, 0.1) is 5.92 Å². The van der Waals surface area contributed by atoms with Crippen molar-refractivity contribution in [2.45, 2.75) is 51.2 Å². The van der Waals surface area contributed by atoms with Crippen LogP contribution < -0.4 is 21.7 Å². The summed E-state index contributed by atoms with van der Waals surface area (Å²) in [5, 5.41) is 33.5. The van der Waals surface area contributed by atoms with Gasteiger partial charge in [0.1, 0.15) is 18.1 Å². The number of rotatable bonds is 13. The van der Waals surface area contributed by atoms with E-state index in [-0.39, 0.29) is 6.42 Å². The summed E-state index contributed by atoms with van der Waals surface area (Å²) in [6.07, 6.45) is -0.244. The number of carbonyl (C=O) groups is 5. The Kier molecular flexibility index (Phi) is 11.4. The molecule has 0 rings (SSSR count). The van der Waals surface area contributed by atoms with Crippen LogP contribution in [-0.4, -0.2) is 76.3 Å². The van der Waals surface area contributed by atoms with Gasteiger partial charge in [-0.15, -0.1) is 0 Å². The number of carbonyl (C=O) groups excluding carboxylic acids is 3. The van der Waals surface area contributed by atoms with Crippen molar-refractivity contribution in [3.63, 3.8) is 0 Å². The summed E-state index contributed by atoms with van der Waals surface area (Å²) in [5.41, 5.74) is 5.28. The van der Waals surface area contributed by atoms with E-state index in [1.807, 2.05) is 0 Å². The van der Waals surface area contributed by atoms with Crippen LogP contribution in [0.3, 0.4) is 0 Å². The van der Waals surface area contributed by atoms with E-state index in [1.54, 1.807) is 13.8 Å². The fourth-order valence-corrected chi connectivity index (χ4v) is 2.10. The first-order valence-corrected chi connectivity index (χ1v) is 8.71. The Hall–Kier alpha value is -2.73. The van der Waals surface area contributed by atoms with Crippen molar-refractivity contribution in [2.24, 2.45) is 11.7 Å². The van der Waals surface area contributed by atoms with E-state index in [2.05, 4.69) is 16.0 Å². The molecule has 0 heterocycles. The molecular formula is C16H28N4O8. The second-order valence-electron chi connectivity index (χ2n) is 6.27. The largest absolute Gasteiger partial charge is 0.481 e. The first-order valence-electron chi connectivity index (χ1n) is 8.71. The van der Waals surface area contributed by atoms with E-state index in [0.717, 1.165) is 0 Å². The molecule has 4 unspecified atom stereocenters. The first kappa shape index (κ1) is 25.3. The van der Waals surface area contributed by atoms with Gasteiger partial charge in [-0.05, 0) is 12.3 Å². The van der Waals surface area contributed by atoms with E-state index in [9.17, 15) is 29.1 Å². The van der Waals surface area contributed by atoms with Gasteiger partial charge in [0.15, 0.2) is 0 Å². The highest BCUT2D eigenvalue weighted by Gasteiger charge is 2.30. The molecular weight excluding hydrogens is 376 g/mol. The number of carboxylic acids is 2. The Labute approximate surface area is 161 Å². The van der Waals surface area contributed by atoms with Gasteiger partial charge >= 0.3 is 11.9 Å². The molecule has 0 aromatic carbocycles. The summed E-state index contributed by atoms with van der Waals surface area (Å²) in [7, 11) is 0. The molecule has 160 valence electrons. The zero-order chi connectivity index (χ0) is 21.9. The molecule has 0 aliphatic carbocycles. The number of hydrogen-bond donors (Lipinski definition) is 7. The zero-order valence-corrected chi connectivity index (χ0v) is 15.8. The molecule has 0 spiro atoms. The van der Waals surface area contributed by atoms with Gasteiger partial charge < -0.3 is 37.0 Å². The van der Waals surface area contributed by atoms with Crippen molar-refractivity contribution in [2.75, 3.05) is 13.2 Å². The van der Waals surface area contributed by atoms with Crippen LogP contribution in [0.2, 0.25) is 0 Å². The summed E-state index contributed by atoms with van der Waals surface area (Å²) in [4.78, 5) is 57.9. The maximum Gasteiger partial charge on any atom is 0.326 e. The van der Waals surface area contributed by atoms with Crippen molar-refractivity contribution in [3.8, 4) is 0 Å². The fourth-order valence-electron chi connectivity index (χ4n) is 2.10. The average Bonchev–Trinajstić information content (AvgIpc) is 2.65. The van der Waals surface area contributed by atoms with Gasteiger partial charge in [0.05, 0.1) is 13.2 Å². The van der Waals surface area contributed by atoms with Crippen LogP contribution in [0.25, 0.3) is 0 Å². The average molecular weight is 404 g/mol. The van der Waals surface area contributed by atoms with Gasteiger partial charge in [-0.2, -0.15) is 0 Å². The minimum atomic E-state index is -1.31. The molecule has 0 saturated heterocycles. The quantitative estimate of drug-likeness (QED) is 0.171. The lowest BCUT2D eigenvalue weighted by Gasteiger charge is -2.24. The summed E-state index contributed by atoms with van der Waals surface area (Å²) in [6.45, 7) is 2.19. The highest BCUT2D eigenvalue weighted by atomic mass is 16.4.